The summed E-state index contributed by atoms with van der Waals surface area (Å²) in [5, 5.41) is 16.2. The van der Waals surface area contributed by atoms with Crippen LogP contribution in [0.3, 0.4) is 0 Å². The molecule has 9 heavy (non-hydrogen) atoms. The Balaban J connectivity index is 3.19. The van der Waals surface area contributed by atoms with Gasteiger partial charge in [0.1, 0.15) is 6.61 Å². The number of aliphatic carboxylic acids is 1. The number of aliphatic hydroxyl groups is 1. The highest BCUT2D eigenvalue weighted by atomic mass is 16.4. The average molecular weight is 128 g/mol. The predicted octanol–water partition coefficient (Wildman–Crippen LogP) is -0.153. The van der Waals surface area contributed by atoms with Crippen LogP contribution in [0.2, 0.25) is 0 Å². The van der Waals surface area contributed by atoms with Gasteiger partial charge in [-0.3, -0.25) is 4.79 Å². The maximum atomic E-state index is 9.83. The van der Waals surface area contributed by atoms with E-state index >= 15 is 0 Å². The molecule has 0 aromatic carbocycles. The van der Waals surface area contributed by atoms with E-state index in [2.05, 4.69) is 11.8 Å². The summed E-state index contributed by atoms with van der Waals surface area (Å²) in [6.45, 7) is -0.195. The van der Waals surface area contributed by atoms with E-state index in [1.54, 1.807) is 0 Å². The maximum Gasteiger partial charge on any atom is 0.304 e. The molecule has 0 aliphatic heterocycles. The van der Waals surface area contributed by atoms with Gasteiger partial charge in [-0.2, -0.15) is 0 Å². The minimum Gasteiger partial charge on any atom is -0.481 e. The van der Waals surface area contributed by atoms with Crippen molar-refractivity contribution in [1.82, 2.24) is 0 Å². The molecule has 3 heteroatoms. The predicted molar refractivity (Wildman–Crippen MR) is 31.7 cm³/mol. The van der Waals surface area contributed by atoms with Crippen LogP contribution < -0.4 is 0 Å². The molecule has 0 heterocycles. The van der Waals surface area contributed by atoms with Gasteiger partial charge in [-0.15, -0.1) is 5.92 Å². The van der Waals surface area contributed by atoms with Crippen molar-refractivity contribution < 1.29 is 15.0 Å². The molecule has 0 saturated heterocycles. The Labute approximate surface area is 53.3 Å². The molecule has 0 amide bonds. The Kier molecular flexibility index (Phi) is 4.56. The van der Waals surface area contributed by atoms with Gasteiger partial charge >= 0.3 is 5.97 Å². The standard InChI is InChI=1S/C6H8O3/c7-5-3-1-2-4-6(8)9/h7H,2,4-5H2,(H,8,9). The molecule has 0 atom stereocenters. The smallest absolute Gasteiger partial charge is 0.304 e. The minimum absolute atomic E-state index is 0.0486. The van der Waals surface area contributed by atoms with Crippen molar-refractivity contribution in [2.24, 2.45) is 0 Å². The first-order valence-corrected chi connectivity index (χ1v) is 2.55. The fourth-order valence-electron chi connectivity index (χ4n) is 0.314. The van der Waals surface area contributed by atoms with Crippen LogP contribution in [-0.4, -0.2) is 22.8 Å². The number of carbonyl (C=O) groups is 1. The lowest BCUT2D eigenvalue weighted by Gasteiger charge is -1.81. The number of hydrogen-bond donors (Lipinski definition) is 2. The zero-order valence-corrected chi connectivity index (χ0v) is 4.92. The lowest BCUT2D eigenvalue weighted by atomic mass is 10.3. The molecule has 2 N–H and O–H groups in total. The number of rotatable bonds is 2. The Hall–Kier alpha value is -1.01. The summed E-state index contributed by atoms with van der Waals surface area (Å²) in [7, 11) is 0. The first kappa shape index (κ1) is 7.99. The molecule has 0 aromatic rings. The van der Waals surface area contributed by atoms with Crippen molar-refractivity contribution in [3.63, 3.8) is 0 Å². The highest BCUT2D eigenvalue weighted by Crippen LogP contribution is 1.83. The maximum absolute atomic E-state index is 9.83. The van der Waals surface area contributed by atoms with Gasteiger partial charge in [0.15, 0.2) is 0 Å². The highest BCUT2D eigenvalue weighted by molar-refractivity contribution is 5.66. The van der Waals surface area contributed by atoms with Crippen LogP contribution in [0.15, 0.2) is 0 Å². The van der Waals surface area contributed by atoms with Crippen LogP contribution in [0.25, 0.3) is 0 Å². The molecular formula is C6H8O3. The zero-order valence-electron chi connectivity index (χ0n) is 4.92. The molecule has 50 valence electrons. The van der Waals surface area contributed by atoms with Gasteiger partial charge in [0.2, 0.25) is 0 Å². The molecule has 0 fully saturated rings. The molecule has 0 radical (unpaired) electrons. The van der Waals surface area contributed by atoms with Crippen LogP contribution in [-0.2, 0) is 4.79 Å². The zero-order chi connectivity index (χ0) is 7.11. The van der Waals surface area contributed by atoms with Crippen LogP contribution in [0.4, 0.5) is 0 Å². The molecule has 0 saturated carbocycles. The number of hydrogen-bond acceptors (Lipinski definition) is 2. The molecular weight excluding hydrogens is 120 g/mol. The van der Waals surface area contributed by atoms with Gasteiger partial charge in [-0.1, -0.05) is 5.92 Å². The van der Waals surface area contributed by atoms with Crippen molar-refractivity contribution in [2.45, 2.75) is 12.8 Å². The van der Waals surface area contributed by atoms with Crippen molar-refractivity contribution in [3.05, 3.63) is 0 Å². The van der Waals surface area contributed by atoms with Crippen molar-refractivity contribution >= 4 is 5.97 Å². The first-order chi connectivity index (χ1) is 4.27. The minimum atomic E-state index is -0.859. The van der Waals surface area contributed by atoms with E-state index in [0.717, 1.165) is 0 Å². The SMILES string of the molecule is O=C(O)CCC#CCO. The summed E-state index contributed by atoms with van der Waals surface area (Å²) >= 11 is 0. The summed E-state index contributed by atoms with van der Waals surface area (Å²) in [6, 6.07) is 0. The van der Waals surface area contributed by atoms with E-state index in [4.69, 9.17) is 10.2 Å². The Morgan fingerprint density at radius 2 is 2.11 bits per heavy atom. The fourth-order valence-corrected chi connectivity index (χ4v) is 0.314. The topological polar surface area (TPSA) is 57.5 Å². The number of carboxylic acids is 1. The van der Waals surface area contributed by atoms with Gasteiger partial charge in [-0.05, 0) is 0 Å². The molecule has 0 aliphatic carbocycles. The molecule has 3 nitrogen and oxygen atoms in total. The third kappa shape index (κ3) is 6.99. The lowest BCUT2D eigenvalue weighted by molar-refractivity contribution is -0.136. The Bertz CT molecular complexity index is 140. The summed E-state index contributed by atoms with van der Waals surface area (Å²) in [4.78, 5) is 9.83. The van der Waals surface area contributed by atoms with Crippen molar-refractivity contribution in [3.8, 4) is 11.8 Å². The number of carboxylic acid groups (broad SMARTS) is 1. The molecule has 0 rings (SSSR count). The molecule has 0 aromatic heterocycles. The largest absolute Gasteiger partial charge is 0.481 e. The third-order valence-corrected chi connectivity index (χ3v) is 0.668. The molecule has 0 bridgehead atoms. The Morgan fingerprint density at radius 3 is 2.56 bits per heavy atom. The summed E-state index contributed by atoms with van der Waals surface area (Å²) in [6.07, 6.45) is 0.364. The van der Waals surface area contributed by atoms with Crippen molar-refractivity contribution in [2.75, 3.05) is 6.61 Å². The summed E-state index contributed by atoms with van der Waals surface area (Å²) in [5.41, 5.74) is 0. The lowest BCUT2D eigenvalue weighted by Crippen LogP contribution is -1.91. The Morgan fingerprint density at radius 1 is 1.44 bits per heavy atom. The van der Waals surface area contributed by atoms with Gasteiger partial charge in [-0.25, -0.2) is 0 Å². The van der Waals surface area contributed by atoms with E-state index < -0.39 is 5.97 Å². The fraction of sp³-hybridized carbons (Fsp3) is 0.500. The van der Waals surface area contributed by atoms with E-state index in [1.807, 2.05) is 0 Å². The molecule has 0 spiro atoms. The quantitative estimate of drug-likeness (QED) is 0.508. The van der Waals surface area contributed by atoms with Crippen molar-refractivity contribution in [1.29, 1.82) is 0 Å². The third-order valence-electron chi connectivity index (χ3n) is 0.668. The monoisotopic (exact) mass is 128 g/mol. The van der Waals surface area contributed by atoms with E-state index in [1.165, 1.54) is 0 Å². The second-order valence-corrected chi connectivity index (χ2v) is 1.41. The van der Waals surface area contributed by atoms with Gasteiger partial charge in [0.05, 0.1) is 6.42 Å². The molecule has 0 aliphatic rings. The number of aliphatic hydroxyl groups excluding tert-OH is 1. The van der Waals surface area contributed by atoms with Crippen LogP contribution in [0, 0.1) is 11.8 Å². The summed E-state index contributed by atoms with van der Waals surface area (Å²) in [5.74, 6) is 3.97. The average Bonchev–Trinajstić information content (AvgIpc) is 1.80. The second-order valence-electron chi connectivity index (χ2n) is 1.41. The summed E-state index contributed by atoms with van der Waals surface area (Å²) < 4.78 is 0. The van der Waals surface area contributed by atoms with Gasteiger partial charge in [0.25, 0.3) is 0 Å². The second kappa shape index (κ2) is 5.13. The highest BCUT2D eigenvalue weighted by Gasteiger charge is 1.90. The van der Waals surface area contributed by atoms with Gasteiger partial charge in [0, 0.05) is 6.42 Å². The van der Waals surface area contributed by atoms with E-state index in [9.17, 15) is 4.79 Å². The normalized spacial score (nSPS) is 7.67. The molecule has 0 unspecified atom stereocenters. The van der Waals surface area contributed by atoms with Crippen LogP contribution >= 0.6 is 0 Å². The van der Waals surface area contributed by atoms with Crippen LogP contribution in [0.5, 0.6) is 0 Å². The van der Waals surface area contributed by atoms with E-state index in [-0.39, 0.29) is 13.0 Å². The van der Waals surface area contributed by atoms with Crippen LogP contribution in [0.1, 0.15) is 12.8 Å². The first-order valence-electron chi connectivity index (χ1n) is 2.55. The van der Waals surface area contributed by atoms with Gasteiger partial charge < -0.3 is 10.2 Å². The van der Waals surface area contributed by atoms with E-state index in [0.29, 0.717) is 6.42 Å².